The normalized spacial score (nSPS) is 11.8. The Bertz CT molecular complexity index is 2880. The highest BCUT2D eigenvalue weighted by Gasteiger charge is 2.27. The molecule has 0 bridgehead atoms. The van der Waals surface area contributed by atoms with Crippen LogP contribution >= 0.6 is 0 Å². The molecule has 23 heteroatoms. The van der Waals surface area contributed by atoms with Gasteiger partial charge in [0.15, 0.2) is 0 Å². The number of hydrogen-bond acceptors (Lipinski definition) is 15. The number of nitrogens with zero attached hydrogens (tertiary/aromatic N) is 4. The molecule has 74 heavy (non-hydrogen) atoms. The van der Waals surface area contributed by atoms with E-state index in [-0.39, 0.29) is 29.0 Å². The van der Waals surface area contributed by atoms with Crippen molar-refractivity contribution in [2.75, 3.05) is 78.2 Å². The maximum atomic E-state index is 13.3. The van der Waals surface area contributed by atoms with Gasteiger partial charge < -0.3 is 44.2 Å². The van der Waals surface area contributed by atoms with Crippen molar-refractivity contribution in [2.45, 2.75) is 62.1 Å². The van der Waals surface area contributed by atoms with Gasteiger partial charge >= 0.3 is 12.1 Å². The van der Waals surface area contributed by atoms with Crippen molar-refractivity contribution >= 4 is 54.9 Å². The molecule has 4 aromatic carbocycles. The predicted molar refractivity (Wildman–Crippen MR) is 279 cm³/mol. The summed E-state index contributed by atoms with van der Waals surface area (Å²) in [5, 5.41) is 13.8. The zero-order valence-electron chi connectivity index (χ0n) is 42.2. The number of methoxy groups -OCH3 is 1. The molecule has 0 aliphatic carbocycles. The molecule has 0 spiro atoms. The van der Waals surface area contributed by atoms with E-state index < -0.39 is 38.0 Å². The minimum atomic E-state index is -4.25. The van der Waals surface area contributed by atoms with E-state index in [9.17, 15) is 31.2 Å². The van der Waals surface area contributed by atoms with Crippen LogP contribution in [0.15, 0.2) is 125 Å². The van der Waals surface area contributed by atoms with E-state index >= 15 is 0 Å². The van der Waals surface area contributed by atoms with E-state index in [1.54, 1.807) is 54.9 Å². The number of imidazole rings is 1. The van der Waals surface area contributed by atoms with Crippen molar-refractivity contribution < 1.29 is 54.9 Å². The Balaban J connectivity index is 0.000000505. The van der Waals surface area contributed by atoms with Gasteiger partial charge in [-0.15, -0.1) is 0 Å². The molecule has 6 rings (SSSR count). The van der Waals surface area contributed by atoms with E-state index in [1.165, 1.54) is 24.3 Å². The topological polar surface area (TPSA) is 261 Å². The highest BCUT2D eigenvalue weighted by Crippen LogP contribution is 2.24. The maximum absolute atomic E-state index is 13.3. The lowest BCUT2D eigenvalue weighted by Crippen LogP contribution is -2.48. The third kappa shape index (κ3) is 19.0. The summed E-state index contributed by atoms with van der Waals surface area (Å²) in [7, 11) is -4.96. The minimum Gasteiger partial charge on any atom is -0.468 e. The minimum absolute atomic E-state index is 0.0847. The Morgan fingerprint density at radius 2 is 1.36 bits per heavy atom. The summed E-state index contributed by atoms with van der Waals surface area (Å²) in [4.78, 5) is 41.2. The Morgan fingerprint density at radius 1 is 0.716 bits per heavy atom. The lowest BCUT2D eigenvalue weighted by atomic mass is 10.1. The van der Waals surface area contributed by atoms with Gasteiger partial charge in [-0.1, -0.05) is 54.6 Å². The number of amides is 2. The molecular formula is C51H67N9O12S2. The van der Waals surface area contributed by atoms with Gasteiger partial charge in [-0.25, -0.2) is 31.3 Å². The first-order valence-electron chi connectivity index (χ1n) is 24.2. The first-order chi connectivity index (χ1) is 35.7. The van der Waals surface area contributed by atoms with Gasteiger partial charge in [-0.2, -0.15) is 9.82 Å². The van der Waals surface area contributed by atoms with Crippen molar-refractivity contribution in [3.05, 3.63) is 127 Å². The van der Waals surface area contributed by atoms with Gasteiger partial charge in [-0.3, -0.25) is 14.3 Å². The molecule has 21 nitrogen and oxygen atoms in total. The van der Waals surface area contributed by atoms with Crippen LogP contribution in [0, 0.1) is 0 Å². The fraction of sp³-hybridized carbons (Fsp3) is 0.392. The summed E-state index contributed by atoms with van der Waals surface area (Å²) in [6, 6.07) is 25.3. The quantitative estimate of drug-likeness (QED) is 0.0285. The van der Waals surface area contributed by atoms with Crippen molar-refractivity contribution in [1.82, 2.24) is 39.4 Å². The number of carbonyl (C=O) groups is 3. The SMILES string of the molecule is CCOCCCNC(=O)OCc1ccccc1.CCOCCOCCCNS(=O)(=O)c1ccc(-c2ccc(S(=O)(=O)NC(CNC(=O)c3ccc4c(cnn4CCCNc4nccn4C)c3)C(=O)OC)cc2)cc1. The van der Waals surface area contributed by atoms with Crippen LogP contribution in [0.5, 0.6) is 0 Å². The van der Waals surface area contributed by atoms with Gasteiger partial charge in [0.25, 0.3) is 5.91 Å². The van der Waals surface area contributed by atoms with Crippen LogP contribution < -0.4 is 25.4 Å². The first-order valence-corrected chi connectivity index (χ1v) is 27.1. The summed E-state index contributed by atoms with van der Waals surface area (Å²) >= 11 is 0. The number of sulfonamides is 2. The monoisotopic (exact) mass is 1060 g/mol. The average Bonchev–Trinajstić information content (AvgIpc) is 4.03. The number of ether oxygens (including phenoxy) is 5. The molecule has 400 valence electrons. The molecule has 2 amide bonds. The number of carbonyl (C=O) groups excluding carboxylic acids is 3. The van der Waals surface area contributed by atoms with E-state index in [0.29, 0.717) is 89.0 Å². The lowest BCUT2D eigenvalue weighted by Gasteiger charge is -2.17. The lowest BCUT2D eigenvalue weighted by molar-refractivity contribution is -0.142. The Hall–Kier alpha value is -6.73. The number of hydrogen-bond donors (Lipinski definition) is 5. The molecule has 2 heterocycles. The molecule has 0 fully saturated rings. The molecule has 0 saturated carbocycles. The summed E-state index contributed by atoms with van der Waals surface area (Å²) < 4.78 is 86.4. The number of benzene rings is 4. The van der Waals surface area contributed by atoms with Gasteiger partial charge in [-0.05, 0) is 92.3 Å². The smallest absolute Gasteiger partial charge is 0.407 e. The zero-order valence-corrected chi connectivity index (χ0v) is 43.8. The molecule has 6 aromatic rings. The van der Waals surface area contributed by atoms with Crippen LogP contribution in [-0.2, 0) is 68.7 Å². The second-order valence-corrected chi connectivity index (χ2v) is 19.8. The molecule has 1 atom stereocenters. The van der Waals surface area contributed by atoms with Gasteiger partial charge in [0.05, 0.1) is 41.8 Å². The van der Waals surface area contributed by atoms with Crippen molar-refractivity contribution in [2.24, 2.45) is 7.05 Å². The molecule has 5 N–H and O–H groups in total. The molecule has 2 aromatic heterocycles. The highest BCUT2D eigenvalue weighted by atomic mass is 32.2. The Kier molecular flexibility index (Phi) is 23.9. The predicted octanol–water partition coefficient (Wildman–Crippen LogP) is 5.25. The fourth-order valence-corrected chi connectivity index (χ4v) is 9.26. The van der Waals surface area contributed by atoms with E-state index in [0.717, 1.165) is 42.4 Å². The summed E-state index contributed by atoms with van der Waals surface area (Å²) in [6.45, 7) is 9.20. The molecule has 0 radical (unpaired) electrons. The van der Waals surface area contributed by atoms with E-state index in [2.05, 4.69) is 35.5 Å². The number of esters is 1. The number of aryl methyl sites for hydroxylation is 2. The number of fused-ring (bicyclic) bond motifs is 1. The van der Waals surface area contributed by atoms with Crippen LogP contribution in [0.3, 0.4) is 0 Å². The van der Waals surface area contributed by atoms with Crippen LogP contribution in [0.4, 0.5) is 10.7 Å². The number of nitrogens with one attached hydrogen (secondary N) is 5. The van der Waals surface area contributed by atoms with Crippen molar-refractivity contribution in [3.63, 3.8) is 0 Å². The van der Waals surface area contributed by atoms with Crippen LogP contribution in [0.25, 0.3) is 22.0 Å². The molecule has 1 unspecified atom stereocenters. The van der Waals surface area contributed by atoms with Crippen molar-refractivity contribution in [3.8, 4) is 11.1 Å². The van der Waals surface area contributed by atoms with Gasteiger partial charge in [0, 0.05) is 89.5 Å². The average molecular weight is 1060 g/mol. The second-order valence-electron chi connectivity index (χ2n) is 16.3. The Labute approximate surface area is 432 Å². The van der Waals surface area contributed by atoms with E-state index in [4.69, 9.17) is 23.7 Å². The van der Waals surface area contributed by atoms with Crippen molar-refractivity contribution in [1.29, 1.82) is 0 Å². The Morgan fingerprint density at radius 3 is 2.03 bits per heavy atom. The summed E-state index contributed by atoms with van der Waals surface area (Å²) in [6.07, 6.45) is 6.95. The number of anilines is 1. The highest BCUT2D eigenvalue weighted by molar-refractivity contribution is 7.89. The molecular weight excluding hydrogens is 995 g/mol. The molecule has 0 saturated heterocycles. The third-order valence-corrected chi connectivity index (χ3v) is 13.9. The summed E-state index contributed by atoms with van der Waals surface area (Å²) in [5.41, 5.74) is 3.42. The second kappa shape index (κ2) is 30.5. The third-order valence-electron chi connectivity index (χ3n) is 11.0. The number of rotatable bonds is 30. The molecule has 0 aliphatic rings. The van der Waals surface area contributed by atoms with Crippen LogP contribution in [0.2, 0.25) is 0 Å². The van der Waals surface area contributed by atoms with Crippen LogP contribution in [-0.4, -0.2) is 133 Å². The number of aromatic nitrogens is 4. The number of alkyl carbamates (subject to hydrolysis) is 1. The van der Waals surface area contributed by atoms with Crippen LogP contribution in [0.1, 0.15) is 49.0 Å². The fourth-order valence-electron chi connectivity index (χ4n) is 7.00. The first kappa shape index (κ1) is 58.2. The van der Waals surface area contributed by atoms with E-state index in [1.807, 2.05) is 66.7 Å². The standard InChI is InChI=1S/C38H48N8O9S2.C13H19NO3/c1-4-54-23-24-55-22-6-18-43-56(49,50)32-12-7-28(8-13-32)29-9-14-33(15-10-29)57(51,52)44-34(37(48)53-3)27-41-36(47)30-11-16-35-31(25-30)26-42-46(35)20-5-17-39-38-40-19-21-45(38)2;1-2-16-10-6-9-14-13(15)17-11-12-7-4-3-5-8-12/h7-16,19,21,25-26,34,43-44H,4-6,17-18,20,22-24,27H2,1-3H3,(H,39,40)(H,41,47);3-5,7-8H,2,6,9-11H2,1H3,(H,14,15). The van der Waals surface area contributed by atoms with Gasteiger partial charge in [0.2, 0.25) is 26.0 Å². The maximum Gasteiger partial charge on any atom is 0.407 e. The van der Waals surface area contributed by atoms with Gasteiger partial charge in [0.1, 0.15) is 12.6 Å². The zero-order chi connectivity index (χ0) is 53.2. The molecule has 0 aliphatic heterocycles. The largest absolute Gasteiger partial charge is 0.468 e. The summed E-state index contributed by atoms with van der Waals surface area (Å²) in [5.74, 6) is -0.629.